The Morgan fingerprint density at radius 2 is 2.19 bits per heavy atom. The quantitative estimate of drug-likeness (QED) is 0.687. The van der Waals surface area contributed by atoms with Crippen LogP contribution in [0.5, 0.6) is 0 Å². The van der Waals surface area contributed by atoms with Crippen LogP contribution in [0.1, 0.15) is 6.42 Å². The highest BCUT2D eigenvalue weighted by Crippen LogP contribution is 2.27. The number of nitrogens with two attached hydrogens (primary N) is 1. The summed E-state index contributed by atoms with van der Waals surface area (Å²) < 4.78 is 23.8. The number of hydrogen-bond acceptors (Lipinski definition) is 4. The van der Waals surface area contributed by atoms with Gasteiger partial charge in [0.05, 0.1) is 6.20 Å². The molecule has 0 atom stereocenters. The minimum atomic E-state index is -3.96. The minimum absolute atomic E-state index is 0.0289. The normalized spacial score (nSPS) is 15.9. The lowest BCUT2D eigenvalue weighted by molar-refractivity contribution is 0.200. The summed E-state index contributed by atoms with van der Waals surface area (Å²) in [5.74, 6) is 0.0289. The number of sulfonamides is 1. The lowest BCUT2D eigenvalue weighted by Gasteiger charge is -2.25. The van der Waals surface area contributed by atoms with Crippen molar-refractivity contribution in [1.82, 2.24) is 9.78 Å². The zero-order valence-electron chi connectivity index (χ0n) is 8.20. The van der Waals surface area contributed by atoms with Gasteiger partial charge in [0, 0.05) is 13.1 Å². The fourth-order valence-corrected chi connectivity index (χ4v) is 2.33. The predicted molar refractivity (Wildman–Crippen MR) is 53.6 cm³/mol. The monoisotopic (exact) mass is 246 g/mol. The molecule has 0 radical (unpaired) electrons. The van der Waals surface area contributed by atoms with Gasteiger partial charge in [0.15, 0.2) is 5.82 Å². The first-order valence-electron chi connectivity index (χ1n) is 4.50. The summed E-state index contributed by atoms with van der Waals surface area (Å²) in [7, 11) is -3.96. The minimum Gasteiger partial charge on any atom is -0.465 e. The van der Waals surface area contributed by atoms with Crippen LogP contribution in [0.15, 0.2) is 11.1 Å². The second kappa shape index (κ2) is 3.46. The van der Waals surface area contributed by atoms with Gasteiger partial charge < -0.3 is 5.11 Å². The molecule has 1 aromatic rings. The summed E-state index contributed by atoms with van der Waals surface area (Å²) in [4.78, 5) is 11.6. The van der Waals surface area contributed by atoms with Crippen LogP contribution in [-0.2, 0) is 16.6 Å². The molecule has 1 aliphatic heterocycles. The average Bonchev–Trinajstić information content (AvgIpc) is 2.59. The Labute approximate surface area is 91.3 Å². The van der Waals surface area contributed by atoms with Crippen LogP contribution in [0, 0.1) is 0 Å². The highest BCUT2D eigenvalue weighted by atomic mass is 32.2. The lowest BCUT2D eigenvalue weighted by Crippen LogP contribution is -2.37. The van der Waals surface area contributed by atoms with E-state index in [1.54, 1.807) is 0 Å². The van der Waals surface area contributed by atoms with Gasteiger partial charge in [-0.3, -0.25) is 4.90 Å². The van der Waals surface area contributed by atoms with Gasteiger partial charge in [0.25, 0.3) is 0 Å². The number of aryl methyl sites for hydroxylation is 1. The molecular weight excluding hydrogens is 236 g/mol. The van der Waals surface area contributed by atoms with Gasteiger partial charge in [-0.15, -0.1) is 0 Å². The van der Waals surface area contributed by atoms with E-state index in [2.05, 4.69) is 5.10 Å². The summed E-state index contributed by atoms with van der Waals surface area (Å²) in [6.07, 6.45) is 0.447. The van der Waals surface area contributed by atoms with Crippen LogP contribution in [-0.4, -0.2) is 35.9 Å². The van der Waals surface area contributed by atoms with Gasteiger partial charge in [-0.25, -0.2) is 23.0 Å². The van der Waals surface area contributed by atoms with Crippen molar-refractivity contribution in [2.45, 2.75) is 17.9 Å². The smallest absolute Gasteiger partial charge is 0.413 e. The first-order valence-corrected chi connectivity index (χ1v) is 6.05. The largest absolute Gasteiger partial charge is 0.465 e. The van der Waals surface area contributed by atoms with Gasteiger partial charge in [-0.1, -0.05) is 0 Å². The van der Waals surface area contributed by atoms with Gasteiger partial charge in [0.2, 0.25) is 10.0 Å². The summed E-state index contributed by atoms with van der Waals surface area (Å²) >= 11 is 0. The molecule has 1 aliphatic rings. The standard InChI is InChI=1S/C7H10N4O4S/c8-16(14,15)5-4-9-11-3-1-2-10(6(5)11)7(12)13/h4H,1-3H2,(H,12,13)(H2,8,14,15). The molecule has 0 spiro atoms. The van der Waals surface area contributed by atoms with E-state index in [0.29, 0.717) is 13.0 Å². The van der Waals surface area contributed by atoms with Crippen molar-refractivity contribution < 1.29 is 18.3 Å². The number of nitrogens with zero attached hydrogens (tertiary/aromatic N) is 3. The zero-order chi connectivity index (χ0) is 11.9. The molecule has 0 aliphatic carbocycles. The van der Waals surface area contributed by atoms with Crippen molar-refractivity contribution in [1.29, 1.82) is 0 Å². The molecule has 88 valence electrons. The molecule has 0 saturated carbocycles. The van der Waals surface area contributed by atoms with Crippen molar-refractivity contribution in [2.24, 2.45) is 5.14 Å². The molecule has 8 nitrogen and oxygen atoms in total. The van der Waals surface area contributed by atoms with E-state index >= 15 is 0 Å². The van der Waals surface area contributed by atoms with E-state index in [0.717, 1.165) is 11.1 Å². The molecule has 9 heteroatoms. The number of fused-ring (bicyclic) bond motifs is 1. The molecular formula is C7H10N4O4S. The van der Waals surface area contributed by atoms with Crippen LogP contribution in [0.3, 0.4) is 0 Å². The number of carboxylic acid groups (broad SMARTS) is 1. The van der Waals surface area contributed by atoms with Gasteiger partial charge in [-0.05, 0) is 6.42 Å². The Morgan fingerprint density at radius 3 is 2.75 bits per heavy atom. The molecule has 3 N–H and O–H groups in total. The number of primary sulfonamides is 1. The molecule has 0 bridgehead atoms. The Hall–Kier alpha value is -1.61. The predicted octanol–water partition coefficient (Wildman–Crippen LogP) is -0.581. The van der Waals surface area contributed by atoms with Gasteiger partial charge >= 0.3 is 6.09 Å². The Balaban J connectivity index is 2.61. The average molecular weight is 246 g/mol. The van der Waals surface area contributed by atoms with E-state index in [9.17, 15) is 13.2 Å². The topological polar surface area (TPSA) is 119 Å². The maximum atomic E-state index is 11.2. The van der Waals surface area contributed by atoms with Crippen LogP contribution in [0.25, 0.3) is 0 Å². The SMILES string of the molecule is NS(=O)(=O)c1cnn2c1N(C(=O)O)CCC2. The molecule has 0 unspecified atom stereocenters. The number of carbonyl (C=O) groups is 1. The fourth-order valence-electron chi connectivity index (χ4n) is 1.67. The van der Waals surface area contributed by atoms with E-state index in [4.69, 9.17) is 10.2 Å². The third-order valence-corrected chi connectivity index (χ3v) is 3.23. The molecule has 1 aromatic heterocycles. The van der Waals surface area contributed by atoms with E-state index in [1.165, 1.54) is 4.68 Å². The number of hydrogen-bond donors (Lipinski definition) is 2. The second-order valence-corrected chi connectivity index (χ2v) is 4.92. The zero-order valence-corrected chi connectivity index (χ0v) is 9.01. The first-order chi connectivity index (χ1) is 7.41. The Morgan fingerprint density at radius 1 is 1.50 bits per heavy atom. The first kappa shape index (κ1) is 10.9. The molecule has 2 heterocycles. The number of amides is 1. The van der Waals surface area contributed by atoms with Crippen molar-refractivity contribution in [3.63, 3.8) is 0 Å². The second-order valence-electron chi connectivity index (χ2n) is 3.39. The number of aromatic nitrogens is 2. The van der Waals surface area contributed by atoms with Crippen molar-refractivity contribution in [2.75, 3.05) is 11.4 Å². The number of anilines is 1. The Kier molecular flexibility index (Phi) is 2.35. The molecule has 16 heavy (non-hydrogen) atoms. The Bertz CT molecular complexity index is 535. The summed E-state index contributed by atoms with van der Waals surface area (Å²) in [6.45, 7) is 0.720. The van der Waals surface area contributed by atoms with Gasteiger partial charge in [0.1, 0.15) is 4.90 Å². The maximum Gasteiger partial charge on any atom is 0.413 e. The molecule has 2 rings (SSSR count). The fraction of sp³-hybridized carbons (Fsp3) is 0.429. The van der Waals surface area contributed by atoms with Crippen LogP contribution in [0.4, 0.5) is 10.6 Å². The van der Waals surface area contributed by atoms with E-state index in [1.807, 2.05) is 0 Å². The summed E-state index contributed by atoms with van der Waals surface area (Å²) in [5.41, 5.74) is 0. The third kappa shape index (κ3) is 1.63. The molecule has 1 amide bonds. The maximum absolute atomic E-state index is 11.2. The third-order valence-electron chi connectivity index (χ3n) is 2.32. The van der Waals surface area contributed by atoms with Crippen LogP contribution < -0.4 is 10.0 Å². The van der Waals surface area contributed by atoms with Crippen LogP contribution in [0.2, 0.25) is 0 Å². The van der Waals surface area contributed by atoms with Crippen molar-refractivity contribution in [3.8, 4) is 0 Å². The van der Waals surface area contributed by atoms with Crippen molar-refractivity contribution >= 4 is 21.9 Å². The summed E-state index contributed by atoms with van der Waals surface area (Å²) in [6, 6.07) is 0. The molecule has 0 aromatic carbocycles. The van der Waals surface area contributed by atoms with Crippen LogP contribution >= 0.6 is 0 Å². The number of rotatable bonds is 1. The molecule has 0 saturated heterocycles. The summed E-state index contributed by atoms with van der Waals surface area (Å²) in [5, 5.41) is 17.7. The van der Waals surface area contributed by atoms with E-state index < -0.39 is 16.1 Å². The van der Waals surface area contributed by atoms with Crippen molar-refractivity contribution in [3.05, 3.63) is 6.20 Å². The van der Waals surface area contributed by atoms with Gasteiger partial charge in [-0.2, -0.15) is 5.10 Å². The van der Waals surface area contributed by atoms with E-state index in [-0.39, 0.29) is 17.3 Å². The highest BCUT2D eigenvalue weighted by Gasteiger charge is 2.30. The highest BCUT2D eigenvalue weighted by molar-refractivity contribution is 7.89. The molecule has 0 fully saturated rings. The lowest BCUT2D eigenvalue weighted by atomic mass is 10.3.